The van der Waals surface area contributed by atoms with Crippen molar-refractivity contribution in [3.63, 3.8) is 0 Å². The van der Waals surface area contributed by atoms with Gasteiger partial charge in [-0.05, 0) is 18.6 Å². The van der Waals surface area contributed by atoms with Crippen molar-refractivity contribution in [1.82, 2.24) is 0 Å². The lowest BCUT2D eigenvalue weighted by molar-refractivity contribution is -0.0128. The molecule has 0 unspecified atom stereocenters. The van der Waals surface area contributed by atoms with Crippen LogP contribution in [0.3, 0.4) is 0 Å². The lowest BCUT2D eigenvalue weighted by atomic mass is 10.2. The third-order valence-corrected chi connectivity index (χ3v) is 4.28. The van der Waals surface area contributed by atoms with Crippen LogP contribution in [0.5, 0.6) is 5.75 Å². The van der Waals surface area contributed by atoms with Gasteiger partial charge in [0.2, 0.25) is 0 Å². The van der Waals surface area contributed by atoms with Gasteiger partial charge >= 0.3 is 0 Å². The summed E-state index contributed by atoms with van der Waals surface area (Å²) >= 11 is 0. The molecule has 0 fully saturated rings. The van der Waals surface area contributed by atoms with Crippen LogP contribution in [0, 0.1) is 0 Å². The highest BCUT2D eigenvalue weighted by Gasteiger charge is 1.98. The molecular formula is C23H41NO6. The second kappa shape index (κ2) is 20.9. The Hall–Kier alpha value is -1.38. The second-order valence-electron chi connectivity index (χ2n) is 6.86. The van der Waals surface area contributed by atoms with Crippen LogP contribution in [0.25, 0.3) is 0 Å². The molecule has 1 rings (SSSR count). The van der Waals surface area contributed by atoms with Crippen LogP contribution < -0.4 is 10.5 Å². The fraction of sp³-hybridized carbons (Fsp3) is 0.739. The van der Waals surface area contributed by atoms with Gasteiger partial charge in [0, 0.05) is 6.61 Å². The van der Waals surface area contributed by atoms with Gasteiger partial charge in [-0.2, -0.15) is 0 Å². The van der Waals surface area contributed by atoms with E-state index in [0.717, 1.165) is 13.0 Å². The Bertz CT molecular complexity index is 489. The van der Waals surface area contributed by atoms with Gasteiger partial charge in [0.15, 0.2) is 0 Å². The summed E-state index contributed by atoms with van der Waals surface area (Å²) < 4.78 is 32.9. The average Bonchev–Trinajstić information content (AvgIpc) is 2.76. The molecule has 1 aromatic rings. The predicted molar refractivity (Wildman–Crippen MR) is 119 cm³/mol. The number of nitrogen functional groups attached to an aromatic ring is 1. The molecule has 0 aliphatic heterocycles. The van der Waals surface area contributed by atoms with E-state index in [9.17, 15) is 0 Å². The van der Waals surface area contributed by atoms with Gasteiger partial charge in [0.25, 0.3) is 0 Å². The van der Waals surface area contributed by atoms with Crippen LogP contribution in [0.2, 0.25) is 0 Å². The van der Waals surface area contributed by atoms with Gasteiger partial charge in [0.05, 0.1) is 65.1 Å². The number of nitrogens with two attached hydrogens (primary N) is 1. The number of benzene rings is 1. The summed E-state index contributed by atoms with van der Waals surface area (Å²) in [6, 6.07) is 7.41. The highest BCUT2D eigenvalue weighted by molar-refractivity contribution is 5.51. The number of hydrogen-bond donors (Lipinski definition) is 1. The van der Waals surface area contributed by atoms with Crippen LogP contribution in [0.4, 0.5) is 5.69 Å². The Kier molecular flexibility index (Phi) is 18.5. The van der Waals surface area contributed by atoms with E-state index in [-0.39, 0.29) is 0 Å². The van der Waals surface area contributed by atoms with Crippen LogP contribution in [0.15, 0.2) is 24.3 Å². The predicted octanol–water partition coefficient (Wildman–Crippen LogP) is 3.70. The van der Waals surface area contributed by atoms with Crippen molar-refractivity contribution in [1.29, 1.82) is 0 Å². The van der Waals surface area contributed by atoms with Crippen molar-refractivity contribution in [2.75, 3.05) is 78.4 Å². The Morgan fingerprint density at radius 2 is 1.03 bits per heavy atom. The zero-order valence-electron chi connectivity index (χ0n) is 18.6. The first kappa shape index (κ1) is 26.7. The Morgan fingerprint density at radius 1 is 0.567 bits per heavy atom. The van der Waals surface area contributed by atoms with E-state index in [0.29, 0.717) is 77.5 Å². The first-order chi connectivity index (χ1) is 14.8. The van der Waals surface area contributed by atoms with E-state index in [1.54, 1.807) is 0 Å². The maximum Gasteiger partial charge on any atom is 0.142 e. The van der Waals surface area contributed by atoms with Gasteiger partial charge < -0.3 is 34.2 Å². The molecule has 174 valence electrons. The molecule has 0 bridgehead atoms. The number of hydrogen-bond acceptors (Lipinski definition) is 7. The molecule has 30 heavy (non-hydrogen) atoms. The molecular weight excluding hydrogens is 386 g/mol. The second-order valence-corrected chi connectivity index (χ2v) is 6.86. The van der Waals surface area contributed by atoms with Gasteiger partial charge in [-0.25, -0.2) is 0 Å². The topological polar surface area (TPSA) is 81.4 Å². The third kappa shape index (κ3) is 16.4. The zero-order chi connectivity index (χ0) is 21.5. The molecule has 0 aliphatic carbocycles. The van der Waals surface area contributed by atoms with E-state index >= 15 is 0 Å². The fourth-order valence-corrected chi connectivity index (χ4v) is 2.61. The van der Waals surface area contributed by atoms with E-state index in [1.807, 2.05) is 24.3 Å². The van der Waals surface area contributed by atoms with Crippen molar-refractivity contribution in [3.05, 3.63) is 24.3 Å². The molecule has 7 heteroatoms. The minimum atomic E-state index is 0.460. The number of ether oxygens (including phenoxy) is 6. The summed E-state index contributed by atoms with van der Waals surface area (Å²) in [4.78, 5) is 0. The van der Waals surface area contributed by atoms with Crippen molar-refractivity contribution < 1.29 is 28.4 Å². The molecule has 0 amide bonds. The standard InChI is InChI=1S/C23H41NO6/c1-2-3-4-5-8-11-25-12-13-26-14-15-27-16-17-28-18-19-29-20-21-30-23-10-7-6-9-22(23)24/h6-7,9-10H,2-5,8,11-21,24H2,1H3. The molecule has 7 nitrogen and oxygen atoms in total. The molecule has 0 spiro atoms. The molecule has 0 aromatic heterocycles. The van der Waals surface area contributed by atoms with Crippen LogP contribution in [0.1, 0.15) is 39.0 Å². The van der Waals surface area contributed by atoms with Crippen molar-refractivity contribution >= 4 is 5.69 Å². The van der Waals surface area contributed by atoms with E-state index in [1.165, 1.54) is 25.7 Å². The summed E-state index contributed by atoms with van der Waals surface area (Å²) in [6.45, 7) is 8.57. The van der Waals surface area contributed by atoms with Crippen LogP contribution >= 0.6 is 0 Å². The molecule has 0 saturated carbocycles. The summed E-state index contributed by atoms with van der Waals surface area (Å²) in [5, 5.41) is 0. The highest BCUT2D eigenvalue weighted by atomic mass is 16.6. The summed E-state index contributed by atoms with van der Waals surface area (Å²) in [7, 11) is 0. The largest absolute Gasteiger partial charge is 0.489 e. The number of anilines is 1. The maximum absolute atomic E-state index is 5.80. The van der Waals surface area contributed by atoms with E-state index in [4.69, 9.17) is 34.2 Å². The monoisotopic (exact) mass is 427 g/mol. The summed E-state index contributed by atoms with van der Waals surface area (Å²) in [5.74, 6) is 0.684. The Balaban J connectivity index is 1.70. The SMILES string of the molecule is CCCCCCCOCCOCCOCCOCCOCCOc1ccccc1N. The third-order valence-electron chi connectivity index (χ3n) is 4.28. The van der Waals surface area contributed by atoms with E-state index in [2.05, 4.69) is 6.92 Å². The van der Waals surface area contributed by atoms with Crippen molar-refractivity contribution in [3.8, 4) is 5.75 Å². The molecule has 0 aliphatic rings. The van der Waals surface area contributed by atoms with E-state index < -0.39 is 0 Å². The van der Waals surface area contributed by atoms with Crippen molar-refractivity contribution in [2.24, 2.45) is 0 Å². The van der Waals surface area contributed by atoms with Gasteiger partial charge in [-0.15, -0.1) is 0 Å². The van der Waals surface area contributed by atoms with Gasteiger partial charge in [-0.3, -0.25) is 0 Å². The fourth-order valence-electron chi connectivity index (χ4n) is 2.61. The number of unbranched alkanes of at least 4 members (excludes halogenated alkanes) is 4. The highest BCUT2D eigenvalue weighted by Crippen LogP contribution is 2.19. The minimum Gasteiger partial charge on any atom is -0.489 e. The smallest absolute Gasteiger partial charge is 0.142 e. The normalized spacial score (nSPS) is 11.1. The van der Waals surface area contributed by atoms with Crippen LogP contribution in [-0.4, -0.2) is 72.7 Å². The molecule has 0 heterocycles. The lowest BCUT2D eigenvalue weighted by Crippen LogP contribution is -2.14. The quantitative estimate of drug-likeness (QED) is 0.223. The van der Waals surface area contributed by atoms with Crippen molar-refractivity contribution in [2.45, 2.75) is 39.0 Å². The van der Waals surface area contributed by atoms with Gasteiger partial charge in [-0.1, -0.05) is 44.7 Å². The maximum atomic E-state index is 5.80. The number of rotatable bonds is 22. The molecule has 0 radical (unpaired) electrons. The lowest BCUT2D eigenvalue weighted by Gasteiger charge is -2.09. The average molecular weight is 428 g/mol. The molecule has 1 aromatic carbocycles. The Morgan fingerprint density at radius 3 is 1.57 bits per heavy atom. The molecule has 0 saturated heterocycles. The summed E-state index contributed by atoms with van der Waals surface area (Å²) in [6.07, 6.45) is 6.31. The summed E-state index contributed by atoms with van der Waals surface area (Å²) in [5.41, 5.74) is 6.43. The molecule has 0 atom stereocenters. The number of para-hydroxylation sites is 2. The minimum absolute atomic E-state index is 0.460. The molecule has 2 N–H and O–H groups in total. The van der Waals surface area contributed by atoms with Crippen LogP contribution in [-0.2, 0) is 23.7 Å². The first-order valence-corrected chi connectivity index (χ1v) is 11.2. The zero-order valence-corrected chi connectivity index (χ0v) is 18.6. The Labute approximate surface area is 182 Å². The first-order valence-electron chi connectivity index (χ1n) is 11.2. The van der Waals surface area contributed by atoms with Gasteiger partial charge in [0.1, 0.15) is 12.4 Å².